The maximum absolute atomic E-state index is 12.6. The first kappa shape index (κ1) is 16.4. The van der Waals surface area contributed by atoms with E-state index in [4.69, 9.17) is 10.5 Å². The number of ether oxygens (including phenoxy) is 1. The minimum Gasteiger partial charge on any atom is -0.494 e. The van der Waals surface area contributed by atoms with Gasteiger partial charge in [-0.05, 0) is 60.9 Å². The van der Waals surface area contributed by atoms with Crippen LogP contribution in [0.2, 0.25) is 0 Å². The highest BCUT2D eigenvalue weighted by Gasteiger charge is 2.32. The Balaban J connectivity index is 1.84. The number of nitrogens with one attached hydrogen (secondary N) is 1. The maximum Gasteiger partial charge on any atom is 0.227 e. The molecule has 2 aromatic rings. The Labute approximate surface area is 140 Å². The van der Waals surface area contributed by atoms with Crippen LogP contribution in [0.15, 0.2) is 18.2 Å². The molecule has 3 rings (SSSR count). The van der Waals surface area contributed by atoms with Gasteiger partial charge in [0.2, 0.25) is 5.91 Å². The lowest BCUT2D eigenvalue weighted by Gasteiger charge is -2.18. The number of methoxy groups -OCH3 is 1. The predicted molar refractivity (Wildman–Crippen MR) is 89.0 cm³/mol. The molecule has 1 fully saturated rings. The number of tetrazole rings is 1. The summed E-state index contributed by atoms with van der Waals surface area (Å²) in [5.41, 5.74) is 7.14. The van der Waals surface area contributed by atoms with Crippen LogP contribution in [-0.2, 0) is 4.79 Å². The van der Waals surface area contributed by atoms with Gasteiger partial charge >= 0.3 is 0 Å². The van der Waals surface area contributed by atoms with Crippen LogP contribution in [0.5, 0.6) is 5.75 Å². The van der Waals surface area contributed by atoms with E-state index in [2.05, 4.69) is 20.8 Å². The number of rotatable bonds is 5. The fourth-order valence-corrected chi connectivity index (χ4v) is 3.29. The molecule has 128 valence electrons. The highest BCUT2D eigenvalue weighted by Crippen LogP contribution is 2.32. The summed E-state index contributed by atoms with van der Waals surface area (Å²) < 4.78 is 6.95. The van der Waals surface area contributed by atoms with Crippen molar-refractivity contribution in [2.75, 3.05) is 19.0 Å². The van der Waals surface area contributed by atoms with E-state index in [1.54, 1.807) is 24.8 Å². The Hall–Kier alpha value is -2.48. The summed E-state index contributed by atoms with van der Waals surface area (Å²) in [6.07, 6.45) is 2.97. The zero-order chi connectivity index (χ0) is 17.1. The summed E-state index contributed by atoms with van der Waals surface area (Å²) in [6, 6.07) is 5.42. The molecule has 1 aromatic heterocycles. The number of carbonyl (C=O) groups is 1. The third kappa shape index (κ3) is 3.09. The fourth-order valence-electron chi connectivity index (χ4n) is 3.29. The van der Waals surface area contributed by atoms with Gasteiger partial charge in [-0.25, -0.2) is 0 Å². The number of aromatic nitrogens is 4. The van der Waals surface area contributed by atoms with Crippen molar-refractivity contribution in [3.8, 4) is 11.4 Å². The predicted octanol–water partition coefficient (Wildman–Crippen LogP) is 1.29. The van der Waals surface area contributed by atoms with Crippen LogP contribution in [0.1, 0.15) is 25.1 Å². The van der Waals surface area contributed by atoms with Crippen molar-refractivity contribution in [3.05, 3.63) is 24.0 Å². The molecule has 0 aliphatic heterocycles. The molecule has 0 saturated heterocycles. The highest BCUT2D eigenvalue weighted by molar-refractivity contribution is 5.93. The van der Waals surface area contributed by atoms with E-state index in [9.17, 15) is 4.79 Å². The third-order valence-electron chi connectivity index (χ3n) is 4.60. The van der Waals surface area contributed by atoms with Crippen LogP contribution in [-0.4, -0.2) is 39.8 Å². The van der Waals surface area contributed by atoms with Gasteiger partial charge in [0, 0.05) is 11.6 Å². The molecule has 8 nitrogen and oxygen atoms in total. The minimum absolute atomic E-state index is 0.0182. The number of nitrogens with zero attached hydrogens (tertiary/aromatic N) is 4. The van der Waals surface area contributed by atoms with E-state index in [0.29, 0.717) is 29.5 Å². The van der Waals surface area contributed by atoms with Crippen LogP contribution in [0.4, 0.5) is 5.69 Å². The van der Waals surface area contributed by atoms with Crippen molar-refractivity contribution in [2.45, 2.75) is 26.2 Å². The summed E-state index contributed by atoms with van der Waals surface area (Å²) >= 11 is 0. The van der Waals surface area contributed by atoms with Gasteiger partial charge in [-0.1, -0.05) is 6.42 Å². The zero-order valence-corrected chi connectivity index (χ0v) is 13.9. The molecule has 3 N–H and O–H groups in total. The summed E-state index contributed by atoms with van der Waals surface area (Å²) in [5.74, 6) is 1.53. The zero-order valence-electron chi connectivity index (χ0n) is 13.9. The number of hydrogen-bond acceptors (Lipinski definition) is 6. The number of benzene rings is 1. The van der Waals surface area contributed by atoms with Gasteiger partial charge in [0.25, 0.3) is 0 Å². The van der Waals surface area contributed by atoms with E-state index < -0.39 is 0 Å². The van der Waals surface area contributed by atoms with E-state index in [1.165, 1.54) is 0 Å². The monoisotopic (exact) mass is 330 g/mol. The van der Waals surface area contributed by atoms with Gasteiger partial charge < -0.3 is 15.8 Å². The van der Waals surface area contributed by atoms with Gasteiger partial charge in [-0.2, -0.15) is 4.68 Å². The lowest BCUT2D eigenvalue weighted by Crippen LogP contribution is -2.29. The third-order valence-corrected chi connectivity index (χ3v) is 4.60. The number of amides is 1. The largest absolute Gasteiger partial charge is 0.494 e. The summed E-state index contributed by atoms with van der Waals surface area (Å²) in [5, 5.41) is 14.5. The van der Waals surface area contributed by atoms with Gasteiger partial charge in [-0.3, -0.25) is 4.79 Å². The minimum atomic E-state index is -0.0182. The Kier molecular flexibility index (Phi) is 4.75. The fraction of sp³-hybridized carbons (Fsp3) is 0.500. The lowest BCUT2D eigenvalue weighted by atomic mass is 9.95. The van der Waals surface area contributed by atoms with Gasteiger partial charge in [0.15, 0.2) is 5.82 Å². The van der Waals surface area contributed by atoms with E-state index in [0.717, 1.165) is 19.3 Å². The maximum atomic E-state index is 12.6. The van der Waals surface area contributed by atoms with Gasteiger partial charge in [-0.15, -0.1) is 5.10 Å². The second-order valence-electron chi connectivity index (χ2n) is 6.05. The molecule has 1 amide bonds. The summed E-state index contributed by atoms with van der Waals surface area (Å²) in [4.78, 5) is 12.6. The number of nitrogens with two attached hydrogens (primary N) is 1. The van der Waals surface area contributed by atoms with E-state index in [1.807, 2.05) is 12.1 Å². The number of carbonyl (C=O) groups excluding carboxylic acids is 1. The SMILES string of the molecule is COc1ccc(NC(=O)[C@@H]2CCC[C@@H]2CN)cc1-n1nnnc1C. The van der Waals surface area contributed by atoms with Crippen LogP contribution < -0.4 is 15.8 Å². The second kappa shape index (κ2) is 6.96. The standard InChI is InChI=1S/C16H22N6O2/c1-10-19-20-21-22(10)14-8-12(6-7-15(14)24-2)18-16(23)13-5-3-4-11(13)9-17/h6-8,11,13H,3-5,9,17H2,1-2H3,(H,18,23)/t11-,13-/m1/s1. The normalized spacial score (nSPS) is 20.1. The molecule has 1 aliphatic carbocycles. The van der Waals surface area contributed by atoms with Crippen molar-refractivity contribution in [3.63, 3.8) is 0 Å². The average Bonchev–Trinajstić information content (AvgIpc) is 3.23. The van der Waals surface area contributed by atoms with Crippen LogP contribution >= 0.6 is 0 Å². The Bertz CT molecular complexity index is 729. The second-order valence-corrected chi connectivity index (χ2v) is 6.05. The lowest BCUT2D eigenvalue weighted by molar-refractivity contribution is -0.120. The Morgan fingerprint density at radius 3 is 2.96 bits per heavy atom. The topological polar surface area (TPSA) is 108 Å². The molecule has 2 atom stereocenters. The van der Waals surface area contributed by atoms with Crippen molar-refractivity contribution < 1.29 is 9.53 Å². The molecule has 0 unspecified atom stereocenters. The number of anilines is 1. The quantitative estimate of drug-likeness (QED) is 0.855. The van der Waals surface area contributed by atoms with E-state index >= 15 is 0 Å². The summed E-state index contributed by atoms with van der Waals surface area (Å²) in [7, 11) is 1.58. The molecule has 1 aromatic carbocycles. The van der Waals surface area contributed by atoms with Gasteiger partial charge in [0.1, 0.15) is 11.4 Å². The van der Waals surface area contributed by atoms with Crippen LogP contribution in [0, 0.1) is 18.8 Å². The first-order valence-electron chi connectivity index (χ1n) is 8.08. The molecule has 24 heavy (non-hydrogen) atoms. The first-order chi connectivity index (χ1) is 11.6. The van der Waals surface area contributed by atoms with Crippen LogP contribution in [0.3, 0.4) is 0 Å². The molecule has 1 aliphatic rings. The molecule has 1 saturated carbocycles. The van der Waals surface area contributed by atoms with Crippen molar-refractivity contribution in [2.24, 2.45) is 17.6 Å². The molecule has 8 heteroatoms. The average molecular weight is 330 g/mol. The van der Waals surface area contributed by atoms with Crippen molar-refractivity contribution in [1.82, 2.24) is 20.2 Å². The van der Waals surface area contributed by atoms with Crippen LogP contribution in [0.25, 0.3) is 5.69 Å². The highest BCUT2D eigenvalue weighted by atomic mass is 16.5. The molecule has 1 heterocycles. The Morgan fingerprint density at radius 1 is 1.46 bits per heavy atom. The van der Waals surface area contributed by atoms with Crippen molar-refractivity contribution in [1.29, 1.82) is 0 Å². The van der Waals surface area contributed by atoms with Gasteiger partial charge in [0.05, 0.1) is 7.11 Å². The van der Waals surface area contributed by atoms with E-state index in [-0.39, 0.29) is 17.7 Å². The molecular formula is C16H22N6O2. The number of aryl methyl sites for hydroxylation is 1. The molecular weight excluding hydrogens is 308 g/mol. The van der Waals surface area contributed by atoms with Crippen molar-refractivity contribution >= 4 is 11.6 Å². The summed E-state index contributed by atoms with van der Waals surface area (Å²) in [6.45, 7) is 2.35. The number of hydrogen-bond donors (Lipinski definition) is 2. The molecule has 0 bridgehead atoms. The first-order valence-corrected chi connectivity index (χ1v) is 8.08. The molecule has 0 radical (unpaired) electrons. The smallest absolute Gasteiger partial charge is 0.227 e. The Morgan fingerprint density at radius 2 is 2.29 bits per heavy atom. The molecule has 0 spiro atoms.